The standard InChI is InChI=1S/C20H25NO3/c1-13(2)16-10-8-9-14(3)19(16)21-20(22)15(4)24-18-12-7-6-11-17(18)23-5/h6-13,15H,1-5H3,(H,21,22)/t15-/m1/s1. The first kappa shape index (κ1) is 17.9. The molecular weight excluding hydrogens is 302 g/mol. The van der Waals surface area contributed by atoms with Crippen LogP contribution in [0.15, 0.2) is 42.5 Å². The van der Waals surface area contributed by atoms with Gasteiger partial charge in [-0.25, -0.2) is 0 Å². The summed E-state index contributed by atoms with van der Waals surface area (Å²) in [5.41, 5.74) is 3.03. The number of hydrogen-bond acceptors (Lipinski definition) is 3. The molecular formula is C20H25NO3. The topological polar surface area (TPSA) is 47.6 Å². The van der Waals surface area contributed by atoms with Crippen molar-refractivity contribution >= 4 is 11.6 Å². The number of aryl methyl sites for hydroxylation is 1. The number of anilines is 1. The van der Waals surface area contributed by atoms with Crippen molar-refractivity contribution in [3.63, 3.8) is 0 Å². The Morgan fingerprint density at radius 2 is 1.67 bits per heavy atom. The number of benzene rings is 2. The summed E-state index contributed by atoms with van der Waals surface area (Å²) < 4.78 is 11.0. The summed E-state index contributed by atoms with van der Waals surface area (Å²) in [6.45, 7) is 7.95. The molecule has 0 bridgehead atoms. The fourth-order valence-corrected chi connectivity index (χ4v) is 2.53. The summed E-state index contributed by atoms with van der Waals surface area (Å²) in [5, 5.41) is 3.01. The number of ether oxygens (including phenoxy) is 2. The molecule has 0 radical (unpaired) electrons. The highest BCUT2D eigenvalue weighted by atomic mass is 16.5. The number of rotatable bonds is 6. The second kappa shape index (κ2) is 7.86. The van der Waals surface area contributed by atoms with E-state index in [1.54, 1.807) is 26.2 Å². The van der Waals surface area contributed by atoms with Crippen LogP contribution in [0.5, 0.6) is 11.5 Å². The first-order chi connectivity index (χ1) is 11.4. The third-order valence-electron chi connectivity index (χ3n) is 3.92. The van der Waals surface area contributed by atoms with E-state index in [0.717, 1.165) is 16.8 Å². The molecule has 4 heteroatoms. The van der Waals surface area contributed by atoms with Crippen LogP contribution in [0.4, 0.5) is 5.69 Å². The molecule has 0 aliphatic rings. The van der Waals surface area contributed by atoms with Gasteiger partial charge in [0.05, 0.1) is 7.11 Å². The van der Waals surface area contributed by atoms with Gasteiger partial charge in [-0.3, -0.25) is 4.79 Å². The van der Waals surface area contributed by atoms with E-state index in [4.69, 9.17) is 9.47 Å². The van der Waals surface area contributed by atoms with Crippen LogP contribution in [0, 0.1) is 6.92 Å². The van der Waals surface area contributed by atoms with E-state index in [9.17, 15) is 4.79 Å². The van der Waals surface area contributed by atoms with Crippen molar-refractivity contribution in [3.8, 4) is 11.5 Å². The molecule has 2 aromatic rings. The lowest BCUT2D eigenvalue weighted by Crippen LogP contribution is -2.31. The van der Waals surface area contributed by atoms with Crippen LogP contribution < -0.4 is 14.8 Å². The number of para-hydroxylation sites is 3. The lowest BCUT2D eigenvalue weighted by molar-refractivity contribution is -0.122. The Morgan fingerprint density at radius 3 is 2.29 bits per heavy atom. The Labute approximate surface area is 143 Å². The van der Waals surface area contributed by atoms with Crippen LogP contribution in [0.2, 0.25) is 0 Å². The molecule has 2 aromatic carbocycles. The van der Waals surface area contributed by atoms with Crippen molar-refractivity contribution in [3.05, 3.63) is 53.6 Å². The van der Waals surface area contributed by atoms with E-state index in [-0.39, 0.29) is 5.91 Å². The zero-order chi connectivity index (χ0) is 17.7. The Morgan fingerprint density at radius 1 is 1.00 bits per heavy atom. The normalized spacial score (nSPS) is 11.9. The van der Waals surface area contributed by atoms with Crippen molar-refractivity contribution in [1.29, 1.82) is 0 Å². The zero-order valence-corrected chi connectivity index (χ0v) is 14.9. The maximum atomic E-state index is 12.6. The second-order valence-corrected chi connectivity index (χ2v) is 6.09. The summed E-state index contributed by atoms with van der Waals surface area (Å²) in [4.78, 5) is 12.6. The molecule has 4 nitrogen and oxygen atoms in total. The van der Waals surface area contributed by atoms with Gasteiger partial charge in [0.2, 0.25) is 0 Å². The molecule has 0 aliphatic carbocycles. The van der Waals surface area contributed by atoms with Gasteiger partial charge in [-0.05, 0) is 43.0 Å². The van der Waals surface area contributed by atoms with E-state index in [1.807, 2.05) is 37.3 Å². The van der Waals surface area contributed by atoms with Gasteiger partial charge in [-0.2, -0.15) is 0 Å². The summed E-state index contributed by atoms with van der Waals surface area (Å²) in [6, 6.07) is 13.3. The molecule has 0 aliphatic heterocycles. The average molecular weight is 327 g/mol. The molecule has 1 atom stereocenters. The van der Waals surface area contributed by atoms with E-state index in [2.05, 4.69) is 19.2 Å². The van der Waals surface area contributed by atoms with Gasteiger partial charge in [-0.15, -0.1) is 0 Å². The van der Waals surface area contributed by atoms with Gasteiger partial charge >= 0.3 is 0 Å². The Bertz CT molecular complexity index is 710. The SMILES string of the molecule is COc1ccccc1O[C@H](C)C(=O)Nc1c(C)cccc1C(C)C. The largest absolute Gasteiger partial charge is 0.493 e. The molecule has 1 N–H and O–H groups in total. The summed E-state index contributed by atoms with van der Waals surface area (Å²) in [7, 11) is 1.58. The molecule has 2 rings (SSSR count). The smallest absolute Gasteiger partial charge is 0.265 e. The molecule has 0 unspecified atom stereocenters. The number of amides is 1. The van der Waals surface area contributed by atoms with Crippen molar-refractivity contribution in [2.24, 2.45) is 0 Å². The predicted molar refractivity (Wildman–Crippen MR) is 97.0 cm³/mol. The Balaban J connectivity index is 2.15. The third-order valence-corrected chi connectivity index (χ3v) is 3.92. The van der Waals surface area contributed by atoms with Crippen LogP contribution >= 0.6 is 0 Å². The minimum Gasteiger partial charge on any atom is -0.493 e. The lowest BCUT2D eigenvalue weighted by atomic mass is 9.98. The highest BCUT2D eigenvalue weighted by Gasteiger charge is 2.19. The van der Waals surface area contributed by atoms with Crippen molar-refractivity contribution in [2.45, 2.75) is 39.7 Å². The van der Waals surface area contributed by atoms with Crippen molar-refractivity contribution in [1.82, 2.24) is 0 Å². The maximum Gasteiger partial charge on any atom is 0.265 e. The van der Waals surface area contributed by atoms with Gasteiger partial charge in [0, 0.05) is 5.69 Å². The fraction of sp³-hybridized carbons (Fsp3) is 0.350. The molecule has 128 valence electrons. The van der Waals surface area contributed by atoms with Crippen LogP contribution in [0.3, 0.4) is 0 Å². The molecule has 0 spiro atoms. The summed E-state index contributed by atoms with van der Waals surface area (Å²) in [5.74, 6) is 1.30. The molecule has 24 heavy (non-hydrogen) atoms. The molecule has 1 amide bonds. The number of carbonyl (C=O) groups is 1. The number of carbonyl (C=O) groups excluding carboxylic acids is 1. The highest BCUT2D eigenvalue weighted by molar-refractivity contribution is 5.95. The van der Waals surface area contributed by atoms with Gasteiger partial charge in [-0.1, -0.05) is 44.2 Å². The Hall–Kier alpha value is -2.49. The third kappa shape index (κ3) is 4.07. The molecule has 0 saturated heterocycles. The van der Waals surface area contributed by atoms with Crippen LogP contribution in [0.25, 0.3) is 0 Å². The van der Waals surface area contributed by atoms with Crippen molar-refractivity contribution < 1.29 is 14.3 Å². The van der Waals surface area contributed by atoms with Gasteiger partial charge in [0.15, 0.2) is 17.6 Å². The molecule has 0 heterocycles. The van der Waals surface area contributed by atoms with E-state index in [1.165, 1.54) is 0 Å². The van der Waals surface area contributed by atoms with Gasteiger partial charge < -0.3 is 14.8 Å². The second-order valence-electron chi connectivity index (χ2n) is 6.09. The fourth-order valence-electron chi connectivity index (χ4n) is 2.53. The molecule has 0 aromatic heterocycles. The number of nitrogens with one attached hydrogen (secondary N) is 1. The zero-order valence-electron chi connectivity index (χ0n) is 14.9. The number of hydrogen-bond donors (Lipinski definition) is 1. The minimum absolute atomic E-state index is 0.183. The van der Waals surface area contributed by atoms with E-state index in [0.29, 0.717) is 17.4 Å². The molecule has 0 fully saturated rings. The monoisotopic (exact) mass is 327 g/mol. The highest BCUT2D eigenvalue weighted by Crippen LogP contribution is 2.29. The number of methoxy groups -OCH3 is 1. The minimum atomic E-state index is -0.638. The van der Waals surface area contributed by atoms with E-state index < -0.39 is 6.10 Å². The Kier molecular flexibility index (Phi) is 5.85. The quantitative estimate of drug-likeness (QED) is 0.848. The van der Waals surface area contributed by atoms with Crippen LogP contribution in [-0.2, 0) is 4.79 Å². The van der Waals surface area contributed by atoms with Gasteiger partial charge in [0.1, 0.15) is 0 Å². The van der Waals surface area contributed by atoms with E-state index >= 15 is 0 Å². The first-order valence-corrected chi connectivity index (χ1v) is 8.14. The van der Waals surface area contributed by atoms with Crippen LogP contribution in [0.1, 0.15) is 37.8 Å². The lowest BCUT2D eigenvalue weighted by Gasteiger charge is -2.20. The predicted octanol–water partition coefficient (Wildman–Crippen LogP) is 4.53. The maximum absolute atomic E-state index is 12.6. The molecule has 0 saturated carbocycles. The summed E-state index contributed by atoms with van der Waals surface area (Å²) in [6.07, 6.45) is -0.638. The average Bonchev–Trinajstić information content (AvgIpc) is 2.56. The van der Waals surface area contributed by atoms with Crippen molar-refractivity contribution in [2.75, 3.05) is 12.4 Å². The first-order valence-electron chi connectivity index (χ1n) is 8.14. The summed E-state index contributed by atoms with van der Waals surface area (Å²) >= 11 is 0. The van der Waals surface area contributed by atoms with Gasteiger partial charge in [0.25, 0.3) is 5.91 Å². The van der Waals surface area contributed by atoms with Crippen LogP contribution in [-0.4, -0.2) is 19.1 Å².